The molecule has 0 atom stereocenters. The Morgan fingerprint density at radius 1 is 1.12 bits per heavy atom. The highest BCUT2D eigenvalue weighted by atomic mass is 35.5. The lowest BCUT2D eigenvalue weighted by Gasteiger charge is -2.20. The summed E-state index contributed by atoms with van der Waals surface area (Å²) in [4.78, 5) is 37.8. The Balaban J connectivity index is 1.63. The molecule has 1 aliphatic rings. The van der Waals surface area contributed by atoms with Crippen molar-refractivity contribution in [3.05, 3.63) is 59.1 Å². The molecular weight excluding hydrogens is 358 g/mol. The predicted octanol–water partition coefficient (Wildman–Crippen LogP) is 2.88. The molecule has 0 spiro atoms. The van der Waals surface area contributed by atoms with Gasteiger partial charge in [-0.15, -0.1) is 0 Å². The number of carbonyl (C=O) groups excluding carboxylic acids is 3. The van der Waals surface area contributed by atoms with Crippen LogP contribution in [0.4, 0.5) is 5.69 Å². The summed E-state index contributed by atoms with van der Waals surface area (Å²) in [5, 5.41) is 0.513. The minimum absolute atomic E-state index is 0.158. The van der Waals surface area contributed by atoms with Gasteiger partial charge >= 0.3 is 5.97 Å². The third kappa shape index (κ3) is 4.21. The number of halogens is 1. The zero-order chi connectivity index (χ0) is 18.5. The van der Waals surface area contributed by atoms with Gasteiger partial charge < -0.3 is 9.47 Å². The first-order valence-corrected chi connectivity index (χ1v) is 8.39. The van der Waals surface area contributed by atoms with Crippen LogP contribution in [0.1, 0.15) is 16.8 Å². The van der Waals surface area contributed by atoms with Gasteiger partial charge in [-0.1, -0.05) is 23.7 Å². The largest absolute Gasteiger partial charge is 0.491 e. The molecule has 2 aromatic carbocycles. The molecule has 0 saturated carbocycles. The van der Waals surface area contributed by atoms with E-state index in [0.717, 1.165) is 0 Å². The Bertz CT molecular complexity index is 834. The molecule has 0 fully saturated rings. The highest BCUT2D eigenvalue weighted by Crippen LogP contribution is 2.30. The average Bonchev–Trinajstić information content (AvgIpc) is 2.80. The smallest absolute Gasteiger partial charge is 0.326 e. The molecule has 0 unspecified atom stereocenters. The number of carbonyl (C=O) groups is 3. The lowest BCUT2D eigenvalue weighted by atomic mass is 10.1. The molecule has 0 aliphatic carbocycles. The Labute approximate surface area is 155 Å². The average molecular weight is 374 g/mol. The molecule has 3 rings (SSSR count). The lowest BCUT2D eigenvalue weighted by molar-refractivity contribution is -0.141. The van der Waals surface area contributed by atoms with Crippen molar-refractivity contribution >= 4 is 34.9 Å². The van der Waals surface area contributed by atoms with Crippen molar-refractivity contribution < 1.29 is 23.9 Å². The molecule has 134 valence electrons. The fourth-order valence-electron chi connectivity index (χ4n) is 2.53. The summed E-state index contributed by atoms with van der Waals surface area (Å²) < 4.78 is 10.6. The quantitative estimate of drug-likeness (QED) is 0.595. The molecule has 0 N–H and O–H groups in total. The number of Topliss-reactive ketones (excluding diaryl/α,β-unsaturated/α-hetero) is 1. The minimum Gasteiger partial charge on any atom is -0.491 e. The van der Waals surface area contributed by atoms with Crippen LogP contribution in [0, 0.1) is 0 Å². The fourth-order valence-corrected chi connectivity index (χ4v) is 2.66. The van der Waals surface area contributed by atoms with Gasteiger partial charge in [-0.3, -0.25) is 19.3 Å². The number of rotatable bonds is 5. The van der Waals surface area contributed by atoms with Gasteiger partial charge in [-0.25, -0.2) is 0 Å². The second kappa shape index (κ2) is 8.01. The van der Waals surface area contributed by atoms with E-state index in [2.05, 4.69) is 0 Å². The number of benzene rings is 2. The van der Waals surface area contributed by atoms with E-state index in [0.29, 0.717) is 22.0 Å². The van der Waals surface area contributed by atoms with Crippen LogP contribution >= 0.6 is 11.6 Å². The summed E-state index contributed by atoms with van der Waals surface area (Å²) in [5.74, 6) is -0.724. The molecule has 0 aromatic heterocycles. The highest BCUT2D eigenvalue weighted by molar-refractivity contribution is 6.30. The van der Waals surface area contributed by atoms with E-state index in [-0.39, 0.29) is 31.3 Å². The van der Waals surface area contributed by atoms with Gasteiger partial charge in [0.2, 0.25) is 5.91 Å². The standard InChI is InChI=1S/C19H16ClNO5/c20-14-7-5-13(6-8-14)16(22)12-26-19(24)11-21-15-3-1-2-4-17(15)25-10-9-18(21)23/h1-8H,9-12H2. The van der Waals surface area contributed by atoms with Crippen molar-refractivity contribution in [3.8, 4) is 5.75 Å². The van der Waals surface area contributed by atoms with Crippen molar-refractivity contribution in [2.45, 2.75) is 6.42 Å². The summed E-state index contributed by atoms with van der Waals surface area (Å²) in [6.07, 6.45) is 0.158. The highest BCUT2D eigenvalue weighted by Gasteiger charge is 2.25. The third-order valence-corrected chi connectivity index (χ3v) is 4.10. The van der Waals surface area contributed by atoms with Gasteiger partial charge in [0, 0.05) is 10.6 Å². The number of hydrogen-bond donors (Lipinski definition) is 0. The number of amides is 1. The fraction of sp³-hybridized carbons (Fsp3) is 0.211. The van der Waals surface area contributed by atoms with Crippen LogP contribution in [-0.4, -0.2) is 37.4 Å². The first-order chi connectivity index (χ1) is 12.5. The van der Waals surface area contributed by atoms with Gasteiger partial charge in [-0.2, -0.15) is 0 Å². The maximum absolute atomic E-state index is 12.3. The van der Waals surface area contributed by atoms with Crippen LogP contribution in [0.3, 0.4) is 0 Å². The lowest BCUT2D eigenvalue weighted by Crippen LogP contribution is -2.36. The predicted molar refractivity (Wildman–Crippen MR) is 95.6 cm³/mol. The SMILES string of the molecule is O=C(CN1C(=O)CCOc2ccccc21)OCC(=O)c1ccc(Cl)cc1. The van der Waals surface area contributed by atoms with E-state index < -0.39 is 12.6 Å². The molecule has 26 heavy (non-hydrogen) atoms. The van der Waals surface area contributed by atoms with Gasteiger partial charge in [0.05, 0.1) is 18.7 Å². The minimum atomic E-state index is -0.669. The number of fused-ring (bicyclic) bond motifs is 1. The second-order valence-electron chi connectivity index (χ2n) is 5.64. The number of nitrogens with zero attached hydrogens (tertiary/aromatic N) is 1. The molecular formula is C19H16ClNO5. The zero-order valence-electron chi connectivity index (χ0n) is 13.8. The Kier molecular flexibility index (Phi) is 5.53. The van der Waals surface area contributed by atoms with Crippen molar-refractivity contribution in [2.24, 2.45) is 0 Å². The van der Waals surface area contributed by atoms with E-state index in [9.17, 15) is 14.4 Å². The van der Waals surface area contributed by atoms with Crippen LogP contribution in [0.15, 0.2) is 48.5 Å². The van der Waals surface area contributed by atoms with Crippen molar-refractivity contribution in [1.82, 2.24) is 0 Å². The monoisotopic (exact) mass is 373 g/mol. The molecule has 0 saturated heterocycles. The van der Waals surface area contributed by atoms with Crippen LogP contribution in [-0.2, 0) is 14.3 Å². The molecule has 6 nitrogen and oxygen atoms in total. The maximum atomic E-state index is 12.3. The second-order valence-corrected chi connectivity index (χ2v) is 6.07. The van der Waals surface area contributed by atoms with Crippen molar-refractivity contribution in [2.75, 3.05) is 24.7 Å². The first-order valence-electron chi connectivity index (χ1n) is 8.01. The van der Waals surface area contributed by atoms with Crippen LogP contribution in [0.2, 0.25) is 5.02 Å². The Morgan fingerprint density at radius 2 is 1.85 bits per heavy atom. The van der Waals surface area contributed by atoms with Crippen LogP contribution < -0.4 is 9.64 Å². The summed E-state index contributed by atoms with van der Waals surface area (Å²) in [7, 11) is 0. The summed E-state index contributed by atoms with van der Waals surface area (Å²) >= 11 is 5.78. The van der Waals surface area contributed by atoms with E-state index >= 15 is 0 Å². The third-order valence-electron chi connectivity index (χ3n) is 3.85. The van der Waals surface area contributed by atoms with E-state index in [1.807, 2.05) is 0 Å². The Hall–Kier alpha value is -2.86. The summed E-state index contributed by atoms with van der Waals surface area (Å²) in [5.41, 5.74) is 0.905. The number of anilines is 1. The van der Waals surface area contributed by atoms with Gasteiger partial charge in [-0.05, 0) is 36.4 Å². The van der Waals surface area contributed by atoms with Crippen molar-refractivity contribution in [1.29, 1.82) is 0 Å². The molecule has 1 aliphatic heterocycles. The number of hydrogen-bond acceptors (Lipinski definition) is 5. The summed E-state index contributed by atoms with van der Waals surface area (Å²) in [6.45, 7) is -0.440. The van der Waals surface area contributed by atoms with Gasteiger partial charge in [0.1, 0.15) is 12.3 Å². The van der Waals surface area contributed by atoms with E-state index in [1.54, 1.807) is 48.5 Å². The molecule has 2 aromatic rings. The number of para-hydroxylation sites is 2. The maximum Gasteiger partial charge on any atom is 0.326 e. The molecule has 0 radical (unpaired) electrons. The number of ketones is 1. The number of ether oxygens (including phenoxy) is 2. The van der Waals surface area contributed by atoms with Crippen LogP contribution in [0.25, 0.3) is 0 Å². The molecule has 1 amide bonds. The Morgan fingerprint density at radius 3 is 2.62 bits per heavy atom. The molecule has 7 heteroatoms. The zero-order valence-corrected chi connectivity index (χ0v) is 14.6. The molecule has 0 bridgehead atoms. The van der Waals surface area contributed by atoms with Crippen LogP contribution in [0.5, 0.6) is 5.75 Å². The normalized spacial score (nSPS) is 13.4. The van der Waals surface area contributed by atoms with Crippen molar-refractivity contribution in [3.63, 3.8) is 0 Å². The van der Waals surface area contributed by atoms with E-state index in [4.69, 9.17) is 21.1 Å². The summed E-state index contributed by atoms with van der Waals surface area (Å²) in [6, 6.07) is 13.3. The van der Waals surface area contributed by atoms with E-state index in [1.165, 1.54) is 4.90 Å². The first kappa shape index (κ1) is 17.9. The molecule has 1 heterocycles. The topological polar surface area (TPSA) is 72.9 Å². The van der Waals surface area contributed by atoms with Gasteiger partial charge in [0.25, 0.3) is 0 Å². The van der Waals surface area contributed by atoms with Gasteiger partial charge in [0.15, 0.2) is 12.4 Å². The number of esters is 1.